The number of hydrogen-bond acceptors (Lipinski definition) is 4. The Bertz CT molecular complexity index is 671. The van der Waals surface area contributed by atoms with Gasteiger partial charge in [0.25, 0.3) is 0 Å². The number of H-pyrrole nitrogens is 1. The van der Waals surface area contributed by atoms with E-state index < -0.39 is 12.0 Å². The summed E-state index contributed by atoms with van der Waals surface area (Å²) < 4.78 is 4.75. The van der Waals surface area contributed by atoms with Gasteiger partial charge in [-0.2, -0.15) is 0 Å². The largest absolute Gasteiger partial charge is 0.464 e. The zero-order valence-corrected chi connectivity index (χ0v) is 15.8. The van der Waals surface area contributed by atoms with Crippen LogP contribution in [0.15, 0.2) is 0 Å². The summed E-state index contributed by atoms with van der Waals surface area (Å²) in [6, 6.07) is -0.559. The molecule has 1 aromatic heterocycles. The molecule has 6 heteroatoms. The van der Waals surface area contributed by atoms with Gasteiger partial charge in [-0.15, -0.1) is 0 Å². The fourth-order valence-electron chi connectivity index (χ4n) is 3.80. The number of carbonyl (C=O) groups is 3. The molecule has 1 aliphatic rings. The van der Waals surface area contributed by atoms with Crippen molar-refractivity contribution < 1.29 is 19.1 Å². The molecule has 1 unspecified atom stereocenters. The van der Waals surface area contributed by atoms with Crippen LogP contribution < -0.4 is 0 Å². The van der Waals surface area contributed by atoms with Gasteiger partial charge in [0.2, 0.25) is 5.91 Å². The lowest BCUT2D eigenvalue weighted by atomic mass is 9.98. The molecule has 1 aromatic rings. The van der Waals surface area contributed by atoms with Crippen LogP contribution in [0, 0.1) is 19.8 Å². The van der Waals surface area contributed by atoms with Crippen molar-refractivity contribution >= 4 is 17.7 Å². The first kappa shape index (κ1) is 19.2. The van der Waals surface area contributed by atoms with Crippen LogP contribution in [-0.2, 0) is 9.53 Å². The fraction of sp³-hybridized carbons (Fsp3) is 0.632. The van der Waals surface area contributed by atoms with E-state index in [4.69, 9.17) is 4.74 Å². The van der Waals surface area contributed by atoms with Gasteiger partial charge in [-0.25, -0.2) is 4.79 Å². The average Bonchev–Trinajstić information content (AvgIpc) is 3.22. The zero-order chi connectivity index (χ0) is 18.7. The summed E-state index contributed by atoms with van der Waals surface area (Å²) in [6.45, 7) is 7.64. The highest BCUT2D eigenvalue weighted by Gasteiger charge is 2.34. The second kappa shape index (κ2) is 7.85. The molecular formula is C19H28N2O4. The number of ketones is 1. The second-order valence-electron chi connectivity index (χ2n) is 6.76. The third kappa shape index (κ3) is 3.62. The van der Waals surface area contributed by atoms with Crippen molar-refractivity contribution in [3.8, 4) is 0 Å². The Balaban J connectivity index is 2.27. The lowest BCUT2D eigenvalue weighted by molar-refractivity contribution is -0.136. The van der Waals surface area contributed by atoms with E-state index in [1.54, 1.807) is 25.7 Å². The third-order valence-electron chi connectivity index (χ3n) is 5.25. The van der Waals surface area contributed by atoms with Gasteiger partial charge in [0.05, 0.1) is 13.2 Å². The number of aromatic amines is 1. The van der Waals surface area contributed by atoms with E-state index in [9.17, 15) is 14.4 Å². The minimum Gasteiger partial charge on any atom is -0.464 e. The number of hydrogen-bond donors (Lipinski definition) is 1. The van der Waals surface area contributed by atoms with Gasteiger partial charge in [0.1, 0.15) is 5.69 Å². The minimum atomic E-state index is -0.559. The molecule has 1 N–H and O–H groups in total. The molecule has 1 atom stereocenters. The summed E-state index contributed by atoms with van der Waals surface area (Å²) in [5.41, 5.74) is 1.97. The highest BCUT2D eigenvalue weighted by Crippen LogP contribution is 2.28. The first-order valence-corrected chi connectivity index (χ1v) is 8.95. The van der Waals surface area contributed by atoms with Gasteiger partial charge in [-0.1, -0.05) is 12.8 Å². The first-order chi connectivity index (χ1) is 11.8. The molecular weight excluding hydrogens is 320 g/mol. The summed E-state index contributed by atoms with van der Waals surface area (Å²) in [5.74, 6) is -0.537. The minimum absolute atomic E-state index is 0.0363. The molecule has 0 radical (unpaired) electrons. The number of aryl methyl sites for hydroxylation is 1. The van der Waals surface area contributed by atoms with E-state index in [1.165, 1.54) is 7.11 Å². The monoisotopic (exact) mass is 348 g/mol. The van der Waals surface area contributed by atoms with Gasteiger partial charge < -0.3 is 14.6 Å². The number of rotatable bonds is 6. The topological polar surface area (TPSA) is 79.5 Å². The molecule has 0 bridgehead atoms. The zero-order valence-electron chi connectivity index (χ0n) is 15.8. The number of amides is 1. The summed E-state index contributed by atoms with van der Waals surface area (Å²) in [7, 11) is 1.31. The van der Waals surface area contributed by atoms with Crippen molar-refractivity contribution in [3.63, 3.8) is 0 Å². The lowest BCUT2D eigenvalue weighted by Gasteiger charge is -2.29. The van der Waals surface area contributed by atoms with Crippen molar-refractivity contribution in [3.05, 3.63) is 22.5 Å². The van der Waals surface area contributed by atoms with Gasteiger partial charge in [-0.3, -0.25) is 9.59 Å². The maximum atomic E-state index is 13.1. The van der Waals surface area contributed by atoms with Gasteiger partial charge in [0, 0.05) is 23.7 Å². The van der Waals surface area contributed by atoms with Crippen LogP contribution >= 0.6 is 0 Å². The first-order valence-electron chi connectivity index (χ1n) is 8.95. The predicted octanol–water partition coefficient (Wildman–Crippen LogP) is 3.03. The van der Waals surface area contributed by atoms with Crippen molar-refractivity contribution in [1.29, 1.82) is 0 Å². The van der Waals surface area contributed by atoms with Crippen LogP contribution in [0.4, 0.5) is 0 Å². The average molecular weight is 348 g/mol. The summed E-state index contributed by atoms with van der Waals surface area (Å²) in [4.78, 5) is 42.3. The van der Waals surface area contributed by atoms with E-state index >= 15 is 0 Å². The molecule has 1 fully saturated rings. The van der Waals surface area contributed by atoms with Crippen molar-refractivity contribution in [2.75, 3.05) is 13.7 Å². The van der Waals surface area contributed by atoms with E-state index in [-0.39, 0.29) is 17.6 Å². The number of aromatic nitrogens is 1. The van der Waals surface area contributed by atoms with E-state index in [0.29, 0.717) is 29.1 Å². The molecule has 138 valence electrons. The Morgan fingerprint density at radius 2 is 1.84 bits per heavy atom. The van der Waals surface area contributed by atoms with Crippen LogP contribution in [0.5, 0.6) is 0 Å². The number of methoxy groups -OCH3 is 1. The third-order valence-corrected chi connectivity index (χ3v) is 5.25. The fourth-order valence-corrected chi connectivity index (χ4v) is 3.80. The Kier molecular flexibility index (Phi) is 6.03. The van der Waals surface area contributed by atoms with Gasteiger partial charge in [-0.05, 0) is 46.1 Å². The molecule has 1 amide bonds. The van der Waals surface area contributed by atoms with Crippen molar-refractivity contribution in [2.45, 2.75) is 59.4 Å². The van der Waals surface area contributed by atoms with Crippen LogP contribution in [-0.4, -0.2) is 47.2 Å². The molecule has 0 saturated heterocycles. The number of likely N-dealkylation sites (N-methyl/N-ethyl adjacent to an activating group) is 1. The number of nitrogens with one attached hydrogen (secondary N) is 1. The molecule has 0 spiro atoms. The number of Topliss-reactive ketones (excluding diaryl/α,β-unsaturated/α-hetero) is 1. The second-order valence-corrected chi connectivity index (χ2v) is 6.76. The van der Waals surface area contributed by atoms with Crippen LogP contribution in [0.2, 0.25) is 0 Å². The molecule has 0 aromatic carbocycles. The molecule has 6 nitrogen and oxygen atoms in total. The van der Waals surface area contributed by atoms with E-state index in [1.807, 2.05) is 6.92 Å². The lowest BCUT2D eigenvalue weighted by Crippen LogP contribution is -2.45. The Hall–Kier alpha value is -2.11. The molecule has 2 rings (SSSR count). The van der Waals surface area contributed by atoms with Gasteiger partial charge in [0.15, 0.2) is 5.78 Å². The standard InChI is InChI=1S/C19H28N2O4/c1-6-21(18(23)14-9-7-8-10-14)13(4)17(22)15-11(2)16(19(24)25-5)20-12(15)3/h13-14,20H,6-10H2,1-5H3. The van der Waals surface area contributed by atoms with Crippen LogP contribution in [0.3, 0.4) is 0 Å². The van der Waals surface area contributed by atoms with Crippen molar-refractivity contribution in [2.24, 2.45) is 5.92 Å². The van der Waals surface area contributed by atoms with E-state index in [0.717, 1.165) is 25.7 Å². The summed E-state index contributed by atoms with van der Waals surface area (Å²) >= 11 is 0. The molecule has 1 heterocycles. The van der Waals surface area contributed by atoms with Crippen LogP contribution in [0.25, 0.3) is 0 Å². The van der Waals surface area contributed by atoms with Crippen LogP contribution in [0.1, 0.15) is 71.6 Å². The summed E-state index contributed by atoms with van der Waals surface area (Å²) in [6.07, 6.45) is 3.97. The quantitative estimate of drug-likeness (QED) is 0.633. The maximum absolute atomic E-state index is 13.1. The van der Waals surface area contributed by atoms with Crippen molar-refractivity contribution in [1.82, 2.24) is 9.88 Å². The Labute approximate surface area is 148 Å². The highest BCUT2D eigenvalue weighted by molar-refractivity contribution is 6.06. The molecule has 0 aliphatic heterocycles. The SMILES string of the molecule is CCN(C(=O)C1CCCC1)C(C)C(=O)c1c(C)[nH]c(C(=O)OC)c1C. The number of nitrogens with zero attached hydrogens (tertiary/aromatic N) is 1. The summed E-state index contributed by atoms with van der Waals surface area (Å²) in [5, 5.41) is 0. The predicted molar refractivity (Wildman–Crippen MR) is 94.7 cm³/mol. The number of ether oxygens (including phenoxy) is 1. The molecule has 25 heavy (non-hydrogen) atoms. The normalized spacial score (nSPS) is 15.9. The van der Waals surface area contributed by atoms with Gasteiger partial charge >= 0.3 is 5.97 Å². The maximum Gasteiger partial charge on any atom is 0.354 e. The number of esters is 1. The molecule has 1 aliphatic carbocycles. The van der Waals surface area contributed by atoms with E-state index in [2.05, 4.69) is 4.98 Å². The smallest absolute Gasteiger partial charge is 0.354 e. The highest BCUT2D eigenvalue weighted by atomic mass is 16.5. The number of carbonyl (C=O) groups excluding carboxylic acids is 3. The molecule has 1 saturated carbocycles. The Morgan fingerprint density at radius 1 is 1.24 bits per heavy atom. The Morgan fingerprint density at radius 3 is 2.36 bits per heavy atom.